The maximum absolute atomic E-state index is 12.6. The summed E-state index contributed by atoms with van der Waals surface area (Å²) in [7, 11) is -1.15. The molecule has 0 aromatic carbocycles. The van der Waals surface area contributed by atoms with Gasteiger partial charge in [0.1, 0.15) is 24.3 Å². The van der Waals surface area contributed by atoms with Crippen molar-refractivity contribution in [2.45, 2.75) is 77.5 Å². The highest BCUT2D eigenvalue weighted by atomic mass is 28.3. The molecule has 1 saturated heterocycles. The maximum Gasteiger partial charge on any atom is 0.410 e. The molecule has 0 bridgehead atoms. The molecule has 192 valence electrons. The maximum atomic E-state index is 12.6. The van der Waals surface area contributed by atoms with Gasteiger partial charge in [-0.25, -0.2) is 14.8 Å². The fourth-order valence-corrected chi connectivity index (χ4v) is 5.30. The lowest BCUT2D eigenvalue weighted by Gasteiger charge is -2.24. The molecule has 2 aromatic heterocycles. The predicted octanol–water partition coefficient (Wildman–Crippen LogP) is 5.27. The van der Waals surface area contributed by atoms with E-state index in [4.69, 9.17) is 19.2 Å². The second-order valence-corrected chi connectivity index (χ2v) is 17.4. The van der Waals surface area contributed by atoms with Gasteiger partial charge in [0.2, 0.25) is 0 Å². The number of hydrogen-bond acceptors (Lipinski definition) is 6. The summed E-state index contributed by atoms with van der Waals surface area (Å²) < 4.78 is 19.4. The Morgan fingerprint density at radius 2 is 1.94 bits per heavy atom. The molecule has 0 radical (unpaired) electrons. The lowest BCUT2D eigenvalue weighted by molar-refractivity contribution is 0.0306. The van der Waals surface area contributed by atoms with E-state index in [0.717, 1.165) is 61.0 Å². The molecule has 0 spiro atoms. The molecule has 4 heterocycles. The average Bonchev–Trinajstić information content (AvgIpc) is 3.41. The minimum Gasteiger partial charge on any atom is -0.444 e. The van der Waals surface area contributed by atoms with E-state index >= 15 is 0 Å². The lowest BCUT2D eigenvalue weighted by atomic mass is 9.90. The van der Waals surface area contributed by atoms with Gasteiger partial charge < -0.3 is 23.7 Å². The lowest BCUT2D eigenvalue weighted by Crippen LogP contribution is -2.35. The summed E-state index contributed by atoms with van der Waals surface area (Å²) in [5, 5.41) is 1.07. The molecule has 2 aliphatic heterocycles. The fraction of sp³-hybridized carbons (Fsp3) is 0.654. The third-order valence-corrected chi connectivity index (χ3v) is 8.15. The molecule has 4 rings (SSSR count). The van der Waals surface area contributed by atoms with Gasteiger partial charge in [-0.2, -0.15) is 0 Å². The van der Waals surface area contributed by atoms with Crippen LogP contribution in [0.5, 0.6) is 0 Å². The summed E-state index contributed by atoms with van der Waals surface area (Å²) in [5.74, 6) is 0.392. The zero-order chi connectivity index (χ0) is 25.2. The van der Waals surface area contributed by atoms with E-state index < -0.39 is 13.7 Å². The van der Waals surface area contributed by atoms with Crippen LogP contribution in [0.15, 0.2) is 18.6 Å². The molecular weight excluding hydrogens is 460 g/mol. The number of nitrogens with zero attached hydrogens (tertiary/aromatic N) is 4. The van der Waals surface area contributed by atoms with Crippen LogP contribution in [0.3, 0.4) is 0 Å². The van der Waals surface area contributed by atoms with Crippen molar-refractivity contribution in [3.8, 4) is 0 Å². The van der Waals surface area contributed by atoms with E-state index in [9.17, 15) is 4.79 Å². The summed E-state index contributed by atoms with van der Waals surface area (Å²) in [5.41, 5.74) is 3.56. The van der Waals surface area contributed by atoms with Crippen LogP contribution in [-0.2, 0) is 20.9 Å². The number of carbonyl (C=O) groups is 1. The van der Waals surface area contributed by atoms with Crippen molar-refractivity contribution in [3.63, 3.8) is 0 Å². The predicted molar refractivity (Wildman–Crippen MR) is 140 cm³/mol. The van der Waals surface area contributed by atoms with E-state index in [1.54, 1.807) is 11.2 Å². The van der Waals surface area contributed by atoms with Gasteiger partial charge in [-0.05, 0) is 56.7 Å². The smallest absolute Gasteiger partial charge is 0.410 e. The molecule has 35 heavy (non-hydrogen) atoms. The van der Waals surface area contributed by atoms with Crippen LogP contribution in [0.4, 0.5) is 4.79 Å². The number of carbonyl (C=O) groups excluding carboxylic acids is 1. The van der Waals surface area contributed by atoms with Crippen LogP contribution < -0.4 is 0 Å². The van der Waals surface area contributed by atoms with Crippen molar-refractivity contribution in [2.24, 2.45) is 0 Å². The first-order valence-electron chi connectivity index (χ1n) is 12.7. The zero-order valence-electron chi connectivity index (χ0n) is 22.1. The Hall–Kier alpha value is -2.23. The third-order valence-electron chi connectivity index (χ3n) is 6.45. The molecule has 2 aliphatic rings. The number of aromatic nitrogens is 3. The molecule has 0 atom stereocenters. The van der Waals surface area contributed by atoms with E-state index in [0.29, 0.717) is 25.7 Å². The Labute approximate surface area is 209 Å². The first kappa shape index (κ1) is 25.8. The molecule has 8 nitrogen and oxygen atoms in total. The molecule has 1 fully saturated rings. The normalized spacial score (nSPS) is 17.8. The van der Waals surface area contributed by atoms with Crippen molar-refractivity contribution in [3.05, 3.63) is 29.9 Å². The standard InChI is InChI=1S/C26H40N4O4Si/c1-26(2,3)34-25(31)29-10-7-20(15-29)23-22-21(19-8-11-32-12-9-19)16-30(24(22)28-17-27-23)18-33-13-14-35(4,5)6/h7,16-17,19H,8-15,18H2,1-6H3. The number of hydrogen-bond donors (Lipinski definition) is 0. The SMILES string of the molecule is CC(C)(C)OC(=O)N1CC=C(c2ncnc3c2c(C2CCOCC2)cn3COCC[Si](C)(C)C)C1. The molecule has 0 saturated carbocycles. The largest absolute Gasteiger partial charge is 0.444 e. The first-order valence-corrected chi connectivity index (χ1v) is 16.4. The Morgan fingerprint density at radius 1 is 1.20 bits per heavy atom. The minimum atomic E-state index is -1.15. The highest BCUT2D eigenvalue weighted by Gasteiger charge is 2.29. The van der Waals surface area contributed by atoms with Gasteiger partial charge in [-0.3, -0.25) is 0 Å². The Bertz CT molecular complexity index is 1080. The van der Waals surface area contributed by atoms with Crippen LogP contribution in [0.1, 0.15) is 50.8 Å². The van der Waals surface area contributed by atoms with Crippen LogP contribution in [0.2, 0.25) is 25.7 Å². The van der Waals surface area contributed by atoms with Gasteiger partial charge in [0, 0.05) is 46.0 Å². The van der Waals surface area contributed by atoms with E-state index in [-0.39, 0.29) is 6.09 Å². The van der Waals surface area contributed by atoms with E-state index in [2.05, 4.69) is 41.5 Å². The topological polar surface area (TPSA) is 78.7 Å². The summed E-state index contributed by atoms with van der Waals surface area (Å²) in [6, 6.07) is 1.13. The molecule has 9 heteroatoms. The fourth-order valence-electron chi connectivity index (χ4n) is 4.55. The van der Waals surface area contributed by atoms with Crippen molar-refractivity contribution in [1.82, 2.24) is 19.4 Å². The van der Waals surface area contributed by atoms with Crippen molar-refractivity contribution < 1.29 is 19.0 Å². The Balaban J connectivity index is 1.62. The molecular formula is C26H40N4O4Si. The van der Waals surface area contributed by atoms with Gasteiger partial charge in [0.25, 0.3) is 0 Å². The first-order chi connectivity index (χ1) is 16.5. The summed E-state index contributed by atoms with van der Waals surface area (Å²) >= 11 is 0. The molecule has 2 aromatic rings. The monoisotopic (exact) mass is 500 g/mol. The molecule has 0 N–H and O–H groups in total. The summed E-state index contributed by atoms with van der Waals surface area (Å²) in [4.78, 5) is 23.8. The number of amides is 1. The zero-order valence-corrected chi connectivity index (χ0v) is 23.1. The Kier molecular flexibility index (Phi) is 7.68. The number of fused-ring (bicyclic) bond motifs is 1. The highest BCUT2D eigenvalue weighted by Crippen LogP contribution is 2.37. The van der Waals surface area contributed by atoms with Gasteiger partial charge in [0.05, 0.1) is 12.2 Å². The van der Waals surface area contributed by atoms with Gasteiger partial charge in [-0.1, -0.05) is 25.7 Å². The van der Waals surface area contributed by atoms with Crippen molar-refractivity contribution >= 4 is 30.8 Å². The Morgan fingerprint density at radius 3 is 2.63 bits per heavy atom. The molecule has 0 unspecified atom stereocenters. The van der Waals surface area contributed by atoms with Crippen LogP contribution in [0, 0.1) is 0 Å². The van der Waals surface area contributed by atoms with Gasteiger partial charge >= 0.3 is 6.09 Å². The van der Waals surface area contributed by atoms with Crippen LogP contribution >= 0.6 is 0 Å². The minimum absolute atomic E-state index is 0.299. The van der Waals surface area contributed by atoms with Crippen LogP contribution in [0.25, 0.3) is 16.6 Å². The van der Waals surface area contributed by atoms with Crippen molar-refractivity contribution in [2.75, 3.05) is 32.9 Å². The second-order valence-electron chi connectivity index (χ2n) is 11.8. The number of rotatable bonds is 7. The van der Waals surface area contributed by atoms with Gasteiger partial charge in [-0.15, -0.1) is 0 Å². The average molecular weight is 501 g/mol. The molecule has 1 amide bonds. The van der Waals surface area contributed by atoms with Crippen molar-refractivity contribution in [1.29, 1.82) is 0 Å². The summed E-state index contributed by atoms with van der Waals surface area (Å²) in [6.07, 6.45) is 7.57. The second kappa shape index (κ2) is 10.4. The molecule has 0 aliphatic carbocycles. The van der Waals surface area contributed by atoms with E-state index in [1.807, 2.05) is 20.8 Å². The summed E-state index contributed by atoms with van der Waals surface area (Å²) in [6.45, 7) is 16.5. The third kappa shape index (κ3) is 6.51. The highest BCUT2D eigenvalue weighted by molar-refractivity contribution is 6.76. The quantitative estimate of drug-likeness (QED) is 0.381. The van der Waals surface area contributed by atoms with E-state index in [1.165, 1.54) is 5.56 Å². The number of ether oxygens (including phenoxy) is 3. The van der Waals surface area contributed by atoms with Gasteiger partial charge in [0.15, 0.2) is 0 Å². The van der Waals surface area contributed by atoms with Crippen LogP contribution in [-0.4, -0.2) is 72.1 Å².